The van der Waals surface area contributed by atoms with Crippen molar-refractivity contribution in [3.05, 3.63) is 45.9 Å². The first-order chi connectivity index (χ1) is 9.56. The molecule has 8 nitrogen and oxygen atoms in total. The van der Waals surface area contributed by atoms with Gasteiger partial charge in [0.2, 0.25) is 5.95 Å². The first kappa shape index (κ1) is 12.3. The van der Waals surface area contributed by atoms with Gasteiger partial charge in [0.1, 0.15) is 11.8 Å². The number of nitro groups is 1. The normalized spacial score (nSPS) is 10.8. The fourth-order valence-corrected chi connectivity index (χ4v) is 2.03. The molecule has 1 aromatic carbocycles. The Morgan fingerprint density at radius 2 is 1.95 bits per heavy atom. The van der Waals surface area contributed by atoms with Crippen LogP contribution in [0.3, 0.4) is 0 Å². The molecule has 0 aliphatic heterocycles. The van der Waals surface area contributed by atoms with Crippen LogP contribution in [0.4, 0.5) is 11.6 Å². The fraction of sp³-hybridized carbons (Fsp3) is 0. The smallest absolute Gasteiger partial charge is 0.269 e. The van der Waals surface area contributed by atoms with E-state index in [0.717, 1.165) is 0 Å². The maximum Gasteiger partial charge on any atom is 0.269 e. The molecule has 2 N–H and O–H groups in total. The standard InChI is InChI=1S/C11H7ClN6O2/c12-9-8-10(16-11(13)15-9)17(5-14-8)6-1-3-7(4-2-6)18(19)20/h1-5H,(H2,13,15,16). The van der Waals surface area contributed by atoms with E-state index in [-0.39, 0.29) is 16.8 Å². The molecule has 20 heavy (non-hydrogen) atoms. The highest BCUT2D eigenvalue weighted by atomic mass is 35.5. The number of anilines is 1. The van der Waals surface area contributed by atoms with Crippen LogP contribution >= 0.6 is 11.6 Å². The molecule has 0 spiro atoms. The molecule has 2 aromatic heterocycles. The number of non-ortho nitro benzene ring substituents is 1. The summed E-state index contributed by atoms with van der Waals surface area (Å²) >= 11 is 5.93. The van der Waals surface area contributed by atoms with Crippen LogP contribution in [0.1, 0.15) is 0 Å². The van der Waals surface area contributed by atoms with Gasteiger partial charge in [0.05, 0.1) is 4.92 Å². The number of hydrogen-bond acceptors (Lipinski definition) is 6. The average Bonchev–Trinajstić information content (AvgIpc) is 2.82. The number of benzene rings is 1. The number of rotatable bonds is 2. The molecule has 3 aromatic rings. The monoisotopic (exact) mass is 290 g/mol. The van der Waals surface area contributed by atoms with Gasteiger partial charge in [0.25, 0.3) is 5.69 Å². The van der Waals surface area contributed by atoms with E-state index in [1.54, 1.807) is 16.7 Å². The molecule has 100 valence electrons. The third-order valence-corrected chi connectivity index (χ3v) is 2.97. The number of fused-ring (bicyclic) bond motifs is 1. The molecule has 0 atom stereocenters. The summed E-state index contributed by atoms with van der Waals surface area (Å²) in [6.45, 7) is 0. The zero-order valence-corrected chi connectivity index (χ0v) is 10.7. The van der Waals surface area contributed by atoms with E-state index in [1.165, 1.54) is 18.5 Å². The van der Waals surface area contributed by atoms with Crippen molar-refractivity contribution in [1.82, 2.24) is 19.5 Å². The van der Waals surface area contributed by atoms with E-state index in [0.29, 0.717) is 16.9 Å². The van der Waals surface area contributed by atoms with Gasteiger partial charge in [-0.2, -0.15) is 9.97 Å². The first-order valence-electron chi connectivity index (χ1n) is 5.47. The largest absolute Gasteiger partial charge is 0.368 e. The number of halogens is 1. The summed E-state index contributed by atoms with van der Waals surface area (Å²) in [6, 6.07) is 5.97. The Labute approximate surface area is 117 Å². The van der Waals surface area contributed by atoms with Crippen molar-refractivity contribution in [2.24, 2.45) is 0 Å². The van der Waals surface area contributed by atoms with Crippen LogP contribution in [0.2, 0.25) is 5.15 Å². The zero-order chi connectivity index (χ0) is 14.3. The summed E-state index contributed by atoms with van der Waals surface area (Å²) in [5, 5.41) is 10.8. The summed E-state index contributed by atoms with van der Waals surface area (Å²) in [6.07, 6.45) is 1.51. The SMILES string of the molecule is Nc1nc(Cl)c2ncn(-c3ccc([N+](=O)[O-])cc3)c2n1. The number of aromatic nitrogens is 4. The van der Waals surface area contributed by atoms with Gasteiger partial charge in [-0.3, -0.25) is 14.7 Å². The molecule has 3 rings (SSSR count). The lowest BCUT2D eigenvalue weighted by Crippen LogP contribution is -1.99. The van der Waals surface area contributed by atoms with Crippen LogP contribution in [0, 0.1) is 10.1 Å². The summed E-state index contributed by atoms with van der Waals surface area (Å²) in [5.41, 5.74) is 7.08. The van der Waals surface area contributed by atoms with Gasteiger partial charge in [-0.25, -0.2) is 4.98 Å². The van der Waals surface area contributed by atoms with Gasteiger partial charge >= 0.3 is 0 Å². The van der Waals surface area contributed by atoms with E-state index >= 15 is 0 Å². The molecule has 0 aliphatic rings. The van der Waals surface area contributed by atoms with E-state index in [1.807, 2.05) is 0 Å². The predicted octanol–water partition coefficient (Wildman–Crippen LogP) is 1.96. The minimum atomic E-state index is -0.465. The summed E-state index contributed by atoms with van der Waals surface area (Å²) < 4.78 is 1.63. The second-order valence-corrected chi connectivity index (χ2v) is 4.29. The molecule has 0 fully saturated rings. The number of imidazole rings is 1. The summed E-state index contributed by atoms with van der Waals surface area (Å²) in [4.78, 5) is 22.2. The van der Waals surface area contributed by atoms with E-state index in [4.69, 9.17) is 17.3 Å². The number of hydrogen-bond donors (Lipinski definition) is 1. The third kappa shape index (κ3) is 1.91. The minimum Gasteiger partial charge on any atom is -0.368 e. The lowest BCUT2D eigenvalue weighted by Gasteiger charge is -2.03. The van der Waals surface area contributed by atoms with E-state index in [9.17, 15) is 10.1 Å². The molecule has 0 bridgehead atoms. The molecule has 0 radical (unpaired) electrons. The predicted molar refractivity (Wildman–Crippen MR) is 72.7 cm³/mol. The second-order valence-electron chi connectivity index (χ2n) is 3.93. The molecular weight excluding hydrogens is 284 g/mol. The van der Waals surface area contributed by atoms with Crippen molar-refractivity contribution in [3.8, 4) is 5.69 Å². The van der Waals surface area contributed by atoms with Gasteiger partial charge in [-0.05, 0) is 12.1 Å². The van der Waals surface area contributed by atoms with Crippen molar-refractivity contribution >= 4 is 34.4 Å². The highest BCUT2D eigenvalue weighted by Gasteiger charge is 2.12. The minimum absolute atomic E-state index is 0.00495. The first-order valence-corrected chi connectivity index (χ1v) is 5.85. The molecule has 0 unspecified atom stereocenters. The Morgan fingerprint density at radius 3 is 2.60 bits per heavy atom. The van der Waals surface area contributed by atoms with Crippen LogP contribution in [-0.4, -0.2) is 24.4 Å². The lowest BCUT2D eigenvalue weighted by molar-refractivity contribution is -0.384. The van der Waals surface area contributed by atoms with Gasteiger partial charge < -0.3 is 5.73 Å². The number of nitrogen functional groups attached to an aromatic ring is 1. The molecule has 0 saturated heterocycles. The lowest BCUT2D eigenvalue weighted by atomic mass is 10.3. The topological polar surface area (TPSA) is 113 Å². The van der Waals surface area contributed by atoms with Crippen LogP contribution in [0.25, 0.3) is 16.9 Å². The Kier molecular flexibility index (Phi) is 2.72. The molecule has 0 saturated carbocycles. The van der Waals surface area contributed by atoms with Crippen molar-refractivity contribution in [3.63, 3.8) is 0 Å². The maximum atomic E-state index is 10.6. The van der Waals surface area contributed by atoms with Crippen molar-refractivity contribution in [1.29, 1.82) is 0 Å². The Morgan fingerprint density at radius 1 is 1.25 bits per heavy atom. The number of nitrogens with two attached hydrogens (primary N) is 1. The highest BCUT2D eigenvalue weighted by Crippen LogP contribution is 2.23. The molecule has 9 heteroatoms. The van der Waals surface area contributed by atoms with Gasteiger partial charge in [-0.15, -0.1) is 0 Å². The van der Waals surface area contributed by atoms with Crippen LogP contribution < -0.4 is 5.73 Å². The summed E-state index contributed by atoms with van der Waals surface area (Å²) in [7, 11) is 0. The Hall–Kier alpha value is -2.74. The van der Waals surface area contributed by atoms with Gasteiger partial charge in [0, 0.05) is 17.8 Å². The molecule has 2 heterocycles. The quantitative estimate of drug-likeness (QED) is 0.438. The third-order valence-electron chi connectivity index (χ3n) is 2.71. The fourth-order valence-electron chi connectivity index (χ4n) is 1.81. The van der Waals surface area contributed by atoms with Crippen molar-refractivity contribution in [2.45, 2.75) is 0 Å². The summed E-state index contributed by atoms with van der Waals surface area (Å²) in [5.74, 6) is 0.0335. The van der Waals surface area contributed by atoms with Crippen molar-refractivity contribution < 1.29 is 4.92 Å². The highest BCUT2D eigenvalue weighted by molar-refractivity contribution is 6.33. The average molecular weight is 291 g/mol. The van der Waals surface area contributed by atoms with Gasteiger partial charge in [-0.1, -0.05) is 11.6 Å². The van der Waals surface area contributed by atoms with Gasteiger partial charge in [0.15, 0.2) is 10.8 Å². The molecule has 0 amide bonds. The van der Waals surface area contributed by atoms with E-state index < -0.39 is 4.92 Å². The maximum absolute atomic E-state index is 10.6. The van der Waals surface area contributed by atoms with Crippen LogP contribution in [0.15, 0.2) is 30.6 Å². The van der Waals surface area contributed by atoms with E-state index in [2.05, 4.69) is 15.0 Å². The Bertz CT molecular complexity index is 814. The van der Waals surface area contributed by atoms with Crippen LogP contribution in [-0.2, 0) is 0 Å². The van der Waals surface area contributed by atoms with Crippen LogP contribution in [0.5, 0.6) is 0 Å². The number of nitro benzene ring substituents is 1. The molecule has 0 aliphatic carbocycles. The Balaban J connectivity index is 2.17. The number of nitrogens with zero attached hydrogens (tertiary/aromatic N) is 5. The molecular formula is C11H7ClN6O2. The second kappa shape index (κ2) is 4.42. The zero-order valence-electron chi connectivity index (χ0n) is 9.89. The van der Waals surface area contributed by atoms with Crippen molar-refractivity contribution in [2.75, 3.05) is 5.73 Å².